The van der Waals surface area contributed by atoms with E-state index in [-0.39, 0.29) is 0 Å². The number of hydrogen-bond donors (Lipinski definition) is 1. The van der Waals surface area contributed by atoms with Gasteiger partial charge in [-0.05, 0) is 12.7 Å². The molecule has 0 bridgehead atoms. The lowest BCUT2D eigenvalue weighted by atomic mass is 10.8. The van der Waals surface area contributed by atoms with Crippen molar-refractivity contribution < 1.29 is 0 Å². The largest absolute Gasteiger partial charge is 0.321 e. The molecule has 0 spiro atoms. The second-order valence-electron chi connectivity index (χ2n) is 0.957. The SMILES string of the molecule is CCNC[SiH3]. The van der Waals surface area contributed by atoms with Crippen molar-refractivity contribution in [1.29, 1.82) is 0 Å². The molecule has 0 amide bonds. The molecule has 1 N–H and O–H groups in total. The Balaban J connectivity index is 2.19. The zero-order chi connectivity index (χ0) is 4.12. The zero-order valence-electron chi connectivity index (χ0n) is 3.91. The molecule has 0 fully saturated rings. The summed E-state index contributed by atoms with van der Waals surface area (Å²) in [7, 11) is 1.29. The molecule has 0 aliphatic rings. The van der Waals surface area contributed by atoms with E-state index in [1.165, 1.54) is 16.4 Å². The zero-order valence-corrected chi connectivity index (χ0v) is 5.91. The summed E-state index contributed by atoms with van der Waals surface area (Å²) in [6.45, 7) is 3.25. The fraction of sp³-hybridized carbons (Fsp3) is 1.00. The molecule has 2 heteroatoms. The van der Waals surface area contributed by atoms with Crippen molar-refractivity contribution in [3.63, 3.8) is 0 Å². The monoisotopic (exact) mass is 89.1 g/mol. The van der Waals surface area contributed by atoms with Crippen LogP contribution in [-0.2, 0) is 0 Å². The molecule has 0 aromatic heterocycles. The first-order valence-corrected chi connectivity index (χ1v) is 3.54. The van der Waals surface area contributed by atoms with Crippen LogP contribution in [0.5, 0.6) is 0 Å². The van der Waals surface area contributed by atoms with Gasteiger partial charge in [0.15, 0.2) is 0 Å². The Morgan fingerprint density at radius 2 is 2.40 bits per heavy atom. The van der Waals surface area contributed by atoms with Gasteiger partial charge in [0.25, 0.3) is 0 Å². The molecule has 0 radical (unpaired) electrons. The van der Waals surface area contributed by atoms with E-state index in [1.54, 1.807) is 0 Å². The topological polar surface area (TPSA) is 12.0 Å². The third kappa shape index (κ3) is 4.18. The van der Waals surface area contributed by atoms with E-state index in [1.807, 2.05) is 0 Å². The molecule has 0 aliphatic heterocycles. The molecule has 0 heterocycles. The highest BCUT2D eigenvalue weighted by atomic mass is 28.1. The molecular weight excluding hydrogens is 78.1 g/mol. The highest BCUT2D eigenvalue weighted by molar-refractivity contribution is 6.08. The van der Waals surface area contributed by atoms with E-state index in [0.717, 1.165) is 6.54 Å². The lowest BCUT2D eigenvalue weighted by molar-refractivity contribution is 0.834. The number of rotatable bonds is 2. The first-order chi connectivity index (χ1) is 2.41. The minimum atomic E-state index is 1.13. The van der Waals surface area contributed by atoms with E-state index in [4.69, 9.17) is 0 Å². The minimum Gasteiger partial charge on any atom is -0.321 e. The first kappa shape index (κ1) is 5.18. The summed E-state index contributed by atoms with van der Waals surface area (Å²) in [6.07, 6.45) is 1.23. The predicted molar refractivity (Wildman–Crippen MR) is 28.5 cm³/mol. The Morgan fingerprint density at radius 1 is 1.80 bits per heavy atom. The molecule has 0 aromatic carbocycles. The van der Waals surface area contributed by atoms with Crippen LogP contribution in [0.1, 0.15) is 6.92 Å². The highest BCUT2D eigenvalue weighted by Gasteiger charge is 1.63. The Bertz CT molecular complexity index is 14.4. The van der Waals surface area contributed by atoms with Crippen molar-refractivity contribution in [2.45, 2.75) is 6.92 Å². The first-order valence-electron chi connectivity index (χ1n) is 2.12. The quantitative estimate of drug-likeness (QED) is 0.424. The summed E-state index contributed by atoms with van der Waals surface area (Å²) in [6, 6.07) is 0. The second-order valence-corrected chi connectivity index (χ2v) is 1.66. The van der Waals surface area contributed by atoms with E-state index in [0.29, 0.717) is 0 Å². The van der Waals surface area contributed by atoms with E-state index in [9.17, 15) is 0 Å². The minimum absolute atomic E-state index is 1.13. The van der Waals surface area contributed by atoms with Gasteiger partial charge in [0, 0.05) is 10.2 Å². The Hall–Kier alpha value is 0.177. The molecule has 0 atom stereocenters. The van der Waals surface area contributed by atoms with Crippen LogP contribution < -0.4 is 5.32 Å². The maximum atomic E-state index is 3.17. The van der Waals surface area contributed by atoms with Gasteiger partial charge < -0.3 is 5.32 Å². The molecule has 0 saturated heterocycles. The van der Waals surface area contributed by atoms with Crippen molar-refractivity contribution in [1.82, 2.24) is 5.32 Å². The molecule has 0 aliphatic carbocycles. The molecule has 5 heavy (non-hydrogen) atoms. The van der Waals surface area contributed by atoms with Crippen LogP contribution in [0.25, 0.3) is 0 Å². The Morgan fingerprint density at radius 3 is 2.40 bits per heavy atom. The summed E-state index contributed by atoms with van der Waals surface area (Å²) < 4.78 is 0. The van der Waals surface area contributed by atoms with Crippen LogP contribution in [0.2, 0.25) is 0 Å². The normalized spacial score (nSPS) is 9.00. The molecule has 32 valence electrons. The van der Waals surface area contributed by atoms with Crippen molar-refractivity contribution >= 4 is 10.2 Å². The van der Waals surface area contributed by atoms with Crippen molar-refractivity contribution in [2.75, 3.05) is 12.7 Å². The molecule has 0 saturated carbocycles. The summed E-state index contributed by atoms with van der Waals surface area (Å²) in [5.74, 6) is 0. The molecular formula is C3H11NSi. The van der Waals surface area contributed by atoms with Crippen LogP contribution in [0.4, 0.5) is 0 Å². The van der Waals surface area contributed by atoms with Crippen LogP contribution in [-0.4, -0.2) is 23.0 Å². The van der Waals surface area contributed by atoms with Gasteiger partial charge in [-0.1, -0.05) is 6.92 Å². The van der Waals surface area contributed by atoms with Crippen LogP contribution in [0.3, 0.4) is 0 Å². The van der Waals surface area contributed by atoms with E-state index in [2.05, 4.69) is 12.2 Å². The molecule has 0 aromatic rings. The summed E-state index contributed by atoms with van der Waals surface area (Å²) >= 11 is 0. The fourth-order valence-corrected chi connectivity index (χ4v) is 0.750. The van der Waals surface area contributed by atoms with Crippen LogP contribution >= 0.6 is 0 Å². The fourth-order valence-electron chi connectivity index (χ4n) is 0.250. The summed E-state index contributed by atoms with van der Waals surface area (Å²) in [4.78, 5) is 0. The maximum absolute atomic E-state index is 3.17. The maximum Gasteiger partial charge on any atom is 0.0201 e. The lowest BCUT2D eigenvalue weighted by Gasteiger charge is -1.86. The van der Waals surface area contributed by atoms with Gasteiger partial charge in [-0.15, -0.1) is 0 Å². The third-order valence-corrected chi connectivity index (χ3v) is 1.000. The van der Waals surface area contributed by atoms with Crippen LogP contribution in [0, 0.1) is 0 Å². The summed E-state index contributed by atoms with van der Waals surface area (Å²) in [5.41, 5.74) is 0. The van der Waals surface area contributed by atoms with Gasteiger partial charge in [-0.3, -0.25) is 0 Å². The van der Waals surface area contributed by atoms with Crippen molar-refractivity contribution in [3.8, 4) is 0 Å². The molecule has 0 unspecified atom stereocenters. The second kappa shape index (κ2) is 4.18. The summed E-state index contributed by atoms with van der Waals surface area (Å²) in [5, 5.41) is 3.17. The van der Waals surface area contributed by atoms with Crippen LogP contribution in [0.15, 0.2) is 0 Å². The predicted octanol–water partition coefficient (Wildman–Crippen LogP) is -1.08. The van der Waals surface area contributed by atoms with Gasteiger partial charge in [-0.25, -0.2) is 0 Å². The lowest BCUT2D eigenvalue weighted by Crippen LogP contribution is -2.12. The van der Waals surface area contributed by atoms with Gasteiger partial charge in [0.2, 0.25) is 0 Å². The van der Waals surface area contributed by atoms with Gasteiger partial charge in [-0.2, -0.15) is 0 Å². The molecule has 1 nitrogen and oxygen atoms in total. The third-order valence-electron chi connectivity index (χ3n) is 0.500. The average Bonchev–Trinajstić information content (AvgIpc) is 1.41. The average molecular weight is 89.2 g/mol. The smallest absolute Gasteiger partial charge is 0.0201 e. The van der Waals surface area contributed by atoms with E-state index < -0.39 is 0 Å². The van der Waals surface area contributed by atoms with Crippen molar-refractivity contribution in [2.24, 2.45) is 0 Å². The van der Waals surface area contributed by atoms with Gasteiger partial charge in [0.05, 0.1) is 0 Å². The van der Waals surface area contributed by atoms with Gasteiger partial charge >= 0.3 is 0 Å². The Labute approximate surface area is 36.2 Å². The highest BCUT2D eigenvalue weighted by Crippen LogP contribution is 1.42. The standard InChI is InChI=1S/C3H11NSi/c1-2-4-3-5/h4H,2-3H2,1,5H3. The van der Waals surface area contributed by atoms with E-state index >= 15 is 0 Å². The number of nitrogens with one attached hydrogen (secondary N) is 1. The van der Waals surface area contributed by atoms with Gasteiger partial charge in [0.1, 0.15) is 0 Å². The number of hydrogen-bond acceptors (Lipinski definition) is 1. The Kier molecular flexibility index (Phi) is 4.32. The van der Waals surface area contributed by atoms with Crippen molar-refractivity contribution in [3.05, 3.63) is 0 Å². The molecule has 0 rings (SSSR count).